The van der Waals surface area contributed by atoms with Gasteiger partial charge in [0.05, 0.1) is 0 Å². The van der Waals surface area contributed by atoms with Gasteiger partial charge in [0, 0.05) is 12.2 Å². The maximum Gasteiger partial charge on any atom is 0.125 e. The van der Waals surface area contributed by atoms with Gasteiger partial charge >= 0.3 is 0 Å². The summed E-state index contributed by atoms with van der Waals surface area (Å²) < 4.78 is 12.9. The van der Waals surface area contributed by atoms with Crippen LogP contribution in [0.2, 0.25) is 0 Å². The second-order valence-electron chi connectivity index (χ2n) is 4.04. The van der Waals surface area contributed by atoms with Crippen LogP contribution in [-0.4, -0.2) is 6.54 Å². The SMILES string of the molecule is Fc1cccc(NCC2CC=CCC2)c1. The van der Waals surface area contributed by atoms with E-state index in [1.807, 2.05) is 6.07 Å². The summed E-state index contributed by atoms with van der Waals surface area (Å²) in [7, 11) is 0. The number of halogens is 1. The van der Waals surface area contributed by atoms with Crippen LogP contribution in [0.4, 0.5) is 10.1 Å². The molecule has 0 radical (unpaired) electrons. The van der Waals surface area contributed by atoms with Crippen molar-refractivity contribution in [3.63, 3.8) is 0 Å². The quantitative estimate of drug-likeness (QED) is 0.743. The van der Waals surface area contributed by atoms with E-state index in [9.17, 15) is 4.39 Å². The van der Waals surface area contributed by atoms with Crippen molar-refractivity contribution in [1.29, 1.82) is 0 Å². The average Bonchev–Trinajstić information content (AvgIpc) is 2.28. The molecule has 1 N–H and O–H groups in total. The Morgan fingerprint density at radius 2 is 2.27 bits per heavy atom. The van der Waals surface area contributed by atoms with Gasteiger partial charge < -0.3 is 5.32 Å². The van der Waals surface area contributed by atoms with E-state index in [0.717, 1.165) is 18.7 Å². The van der Waals surface area contributed by atoms with Crippen LogP contribution < -0.4 is 5.32 Å². The molecule has 2 rings (SSSR count). The lowest BCUT2D eigenvalue weighted by atomic mass is 9.94. The molecule has 0 saturated carbocycles. The molecule has 0 heterocycles. The molecular weight excluding hydrogens is 189 g/mol. The molecule has 0 aliphatic heterocycles. The molecule has 1 aromatic rings. The van der Waals surface area contributed by atoms with E-state index in [1.165, 1.54) is 18.9 Å². The zero-order chi connectivity index (χ0) is 10.5. The molecule has 1 nitrogen and oxygen atoms in total. The van der Waals surface area contributed by atoms with Crippen molar-refractivity contribution >= 4 is 5.69 Å². The van der Waals surface area contributed by atoms with E-state index in [0.29, 0.717) is 5.92 Å². The van der Waals surface area contributed by atoms with Crippen molar-refractivity contribution in [1.82, 2.24) is 0 Å². The van der Waals surface area contributed by atoms with Crippen molar-refractivity contribution in [3.8, 4) is 0 Å². The molecule has 80 valence electrons. The van der Waals surface area contributed by atoms with Crippen LogP contribution in [-0.2, 0) is 0 Å². The summed E-state index contributed by atoms with van der Waals surface area (Å²) in [5, 5.41) is 3.28. The van der Waals surface area contributed by atoms with E-state index in [2.05, 4.69) is 17.5 Å². The molecule has 2 heteroatoms. The second kappa shape index (κ2) is 4.96. The van der Waals surface area contributed by atoms with Crippen molar-refractivity contribution < 1.29 is 4.39 Å². The van der Waals surface area contributed by atoms with Gasteiger partial charge in [-0.3, -0.25) is 0 Å². The van der Waals surface area contributed by atoms with Gasteiger partial charge in [-0.05, 0) is 43.4 Å². The van der Waals surface area contributed by atoms with Crippen LogP contribution in [0.1, 0.15) is 19.3 Å². The summed E-state index contributed by atoms with van der Waals surface area (Å²) in [5.74, 6) is 0.516. The minimum Gasteiger partial charge on any atom is -0.385 e. The lowest BCUT2D eigenvalue weighted by Crippen LogP contribution is -2.15. The number of anilines is 1. The summed E-state index contributed by atoms with van der Waals surface area (Å²) in [6.07, 6.45) is 8.02. The number of benzene rings is 1. The van der Waals surface area contributed by atoms with Gasteiger partial charge in [-0.15, -0.1) is 0 Å². The van der Waals surface area contributed by atoms with Gasteiger partial charge in [0.2, 0.25) is 0 Å². The van der Waals surface area contributed by atoms with E-state index >= 15 is 0 Å². The lowest BCUT2D eigenvalue weighted by molar-refractivity contribution is 0.504. The topological polar surface area (TPSA) is 12.0 Å². The van der Waals surface area contributed by atoms with Crippen LogP contribution in [0.3, 0.4) is 0 Å². The van der Waals surface area contributed by atoms with Crippen LogP contribution >= 0.6 is 0 Å². The van der Waals surface area contributed by atoms with Crippen LogP contribution in [0.25, 0.3) is 0 Å². The van der Waals surface area contributed by atoms with Gasteiger partial charge in [0.15, 0.2) is 0 Å². The fraction of sp³-hybridized carbons (Fsp3) is 0.385. The molecule has 1 aliphatic rings. The fourth-order valence-corrected chi connectivity index (χ4v) is 1.90. The molecule has 0 spiro atoms. The Morgan fingerprint density at radius 3 is 3.00 bits per heavy atom. The molecule has 1 aliphatic carbocycles. The minimum atomic E-state index is -0.177. The summed E-state index contributed by atoms with van der Waals surface area (Å²) in [6.45, 7) is 0.938. The molecular formula is C13H16FN. The van der Waals surface area contributed by atoms with Crippen molar-refractivity contribution in [3.05, 3.63) is 42.2 Å². The number of hydrogen-bond acceptors (Lipinski definition) is 1. The summed E-state index contributed by atoms with van der Waals surface area (Å²) in [6, 6.07) is 6.65. The molecule has 1 unspecified atom stereocenters. The normalized spacial score (nSPS) is 20.2. The van der Waals surface area contributed by atoms with Gasteiger partial charge in [0.1, 0.15) is 5.82 Å². The van der Waals surface area contributed by atoms with Crippen molar-refractivity contribution in [2.45, 2.75) is 19.3 Å². The Labute approximate surface area is 90.0 Å². The molecule has 0 amide bonds. The van der Waals surface area contributed by atoms with E-state index < -0.39 is 0 Å². The van der Waals surface area contributed by atoms with E-state index in [4.69, 9.17) is 0 Å². The standard InChI is InChI=1S/C13H16FN/c14-12-7-4-8-13(9-12)15-10-11-5-2-1-3-6-11/h1-2,4,7-9,11,15H,3,5-6,10H2. The van der Waals surface area contributed by atoms with Crippen LogP contribution in [0, 0.1) is 11.7 Å². The number of allylic oxidation sites excluding steroid dienone is 2. The third-order valence-corrected chi connectivity index (χ3v) is 2.80. The zero-order valence-electron chi connectivity index (χ0n) is 8.75. The Kier molecular flexibility index (Phi) is 3.38. The maximum atomic E-state index is 12.9. The fourth-order valence-electron chi connectivity index (χ4n) is 1.90. The highest BCUT2D eigenvalue weighted by atomic mass is 19.1. The maximum absolute atomic E-state index is 12.9. The molecule has 1 atom stereocenters. The number of nitrogens with one attached hydrogen (secondary N) is 1. The van der Waals surface area contributed by atoms with Crippen LogP contribution in [0.5, 0.6) is 0 Å². The van der Waals surface area contributed by atoms with Crippen molar-refractivity contribution in [2.24, 2.45) is 5.92 Å². The van der Waals surface area contributed by atoms with Crippen molar-refractivity contribution in [2.75, 3.05) is 11.9 Å². The number of hydrogen-bond donors (Lipinski definition) is 1. The van der Waals surface area contributed by atoms with Crippen LogP contribution in [0.15, 0.2) is 36.4 Å². The summed E-state index contributed by atoms with van der Waals surface area (Å²) >= 11 is 0. The molecule has 1 aromatic carbocycles. The lowest BCUT2D eigenvalue weighted by Gasteiger charge is -2.18. The van der Waals surface area contributed by atoms with E-state index in [1.54, 1.807) is 12.1 Å². The molecule has 0 saturated heterocycles. The predicted octanol–water partition coefficient (Wildman–Crippen LogP) is 3.59. The van der Waals surface area contributed by atoms with Gasteiger partial charge in [0.25, 0.3) is 0 Å². The first-order chi connectivity index (χ1) is 7.34. The third-order valence-electron chi connectivity index (χ3n) is 2.80. The molecule has 0 fully saturated rings. The average molecular weight is 205 g/mol. The monoisotopic (exact) mass is 205 g/mol. The van der Waals surface area contributed by atoms with Gasteiger partial charge in [-0.1, -0.05) is 18.2 Å². The second-order valence-corrected chi connectivity index (χ2v) is 4.04. The molecule has 15 heavy (non-hydrogen) atoms. The smallest absolute Gasteiger partial charge is 0.125 e. The van der Waals surface area contributed by atoms with Gasteiger partial charge in [-0.2, -0.15) is 0 Å². The highest BCUT2D eigenvalue weighted by Crippen LogP contribution is 2.19. The molecule has 0 aromatic heterocycles. The predicted molar refractivity (Wildman–Crippen MR) is 61.4 cm³/mol. The largest absolute Gasteiger partial charge is 0.385 e. The highest BCUT2D eigenvalue weighted by Gasteiger charge is 2.09. The Balaban J connectivity index is 1.84. The Hall–Kier alpha value is -1.31. The number of rotatable bonds is 3. The third kappa shape index (κ3) is 3.08. The minimum absolute atomic E-state index is 0.177. The van der Waals surface area contributed by atoms with E-state index in [-0.39, 0.29) is 5.82 Å². The highest BCUT2D eigenvalue weighted by molar-refractivity contribution is 5.43. The summed E-state index contributed by atoms with van der Waals surface area (Å²) in [4.78, 5) is 0. The van der Waals surface area contributed by atoms with Gasteiger partial charge in [-0.25, -0.2) is 4.39 Å². The summed E-state index contributed by atoms with van der Waals surface area (Å²) in [5.41, 5.74) is 0.879. The first-order valence-corrected chi connectivity index (χ1v) is 5.49. The Morgan fingerprint density at radius 1 is 1.33 bits per heavy atom. The first-order valence-electron chi connectivity index (χ1n) is 5.49. The Bertz CT molecular complexity index is 346. The first kappa shape index (κ1) is 10.2. The zero-order valence-corrected chi connectivity index (χ0v) is 8.75. The molecule has 0 bridgehead atoms.